The lowest BCUT2D eigenvalue weighted by atomic mass is 9.65. The Morgan fingerprint density at radius 1 is 1.29 bits per heavy atom. The Kier molecular flexibility index (Phi) is 2.51. The van der Waals surface area contributed by atoms with E-state index in [4.69, 9.17) is 0 Å². The van der Waals surface area contributed by atoms with E-state index in [0.29, 0.717) is 0 Å². The summed E-state index contributed by atoms with van der Waals surface area (Å²) in [5, 5.41) is 0. The maximum Gasteiger partial charge on any atom is 0.120 e. The molecule has 0 atom stereocenters. The minimum atomic E-state index is 0.128. The number of hydrogen-bond donors (Lipinski definition) is 0. The van der Waals surface area contributed by atoms with Crippen LogP contribution in [0.5, 0.6) is 0 Å². The van der Waals surface area contributed by atoms with E-state index in [9.17, 15) is 4.79 Å². The van der Waals surface area contributed by atoms with Crippen LogP contribution in [-0.4, -0.2) is 5.94 Å². The van der Waals surface area contributed by atoms with Gasteiger partial charge in [-0.2, -0.15) is 0 Å². The van der Waals surface area contributed by atoms with Gasteiger partial charge in [0.1, 0.15) is 5.94 Å². The minimum absolute atomic E-state index is 0.128. The molecule has 0 heterocycles. The predicted molar refractivity (Wildman–Crippen MR) is 56.7 cm³/mol. The van der Waals surface area contributed by atoms with Crippen molar-refractivity contribution in [2.45, 2.75) is 25.7 Å². The van der Waals surface area contributed by atoms with Crippen molar-refractivity contribution in [3.8, 4) is 0 Å². The molecule has 14 heavy (non-hydrogen) atoms. The first kappa shape index (κ1) is 9.23. The van der Waals surface area contributed by atoms with Crippen molar-refractivity contribution >= 4 is 5.94 Å². The first-order valence-corrected chi connectivity index (χ1v) is 5.11. The number of allylic oxidation sites excluding steroid dienone is 1. The number of benzene rings is 1. The smallest absolute Gasteiger partial charge is 0.120 e. The molecule has 0 amide bonds. The first-order valence-electron chi connectivity index (χ1n) is 5.11. The average molecular weight is 186 g/mol. The summed E-state index contributed by atoms with van der Waals surface area (Å²) >= 11 is 0. The van der Waals surface area contributed by atoms with Gasteiger partial charge in [-0.1, -0.05) is 36.8 Å². The fraction of sp³-hybridized carbons (Fsp3) is 0.385. The Bertz CT molecular complexity index is 343. The molecule has 2 rings (SSSR count). The Labute approximate surface area is 84.5 Å². The van der Waals surface area contributed by atoms with Crippen LogP contribution in [-0.2, 0) is 11.2 Å². The quantitative estimate of drug-likeness (QED) is 0.663. The number of rotatable bonds is 3. The molecule has 0 bridgehead atoms. The second-order valence-electron chi connectivity index (χ2n) is 4.14. The SMILES string of the molecule is O=C=CC1(Cc2ccccc2)CCC1. The highest BCUT2D eigenvalue weighted by Crippen LogP contribution is 2.44. The highest BCUT2D eigenvalue weighted by Gasteiger charge is 2.34. The lowest BCUT2D eigenvalue weighted by Gasteiger charge is -2.38. The van der Waals surface area contributed by atoms with Gasteiger partial charge in [-0.05, 0) is 24.8 Å². The van der Waals surface area contributed by atoms with Crippen LogP contribution in [0.25, 0.3) is 0 Å². The molecule has 0 aromatic heterocycles. The summed E-state index contributed by atoms with van der Waals surface area (Å²) < 4.78 is 0. The Balaban J connectivity index is 2.13. The van der Waals surface area contributed by atoms with Crippen LogP contribution in [0.2, 0.25) is 0 Å². The Hall–Kier alpha value is -1.33. The van der Waals surface area contributed by atoms with Crippen molar-refractivity contribution in [2.75, 3.05) is 0 Å². The Morgan fingerprint density at radius 2 is 2.00 bits per heavy atom. The van der Waals surface area contributed by atoms with E-state index in [1.54, 1.807) is 6.08 Å². The molecule has 1 aromatic carbocycles. The predicted octanol–water partition coefficient (Wildman–Crippen LogP) is 2.79. The zero-order chi connectivity index (χ0) is 9.86. The topological polar surface area (TPSA) is 17.1 Å². The summed E-state index contributed by atoms with van der Waals surface area (Å²) in [6.07, 6.45) is 6.23. The van der Waals surface area contributed by atoms with E-state index >= 15 is 0 Å². The summed E-state index contributed by atoms with van der Waals surface area (Å²) in [5.41, 5.74) is 1.45. The van der Waals surface area contributed by atoms with Crippen LogP contribution in [0.15, 0.2) is 36.4 Å². The lowest BCUT2D eigenvalue weighted by Crippen LogP contribution is -2.29. The summed E-state index contributed by atoms with van der Waals surface area (Å²) in [6, 6.07) is 10.4. The molecular formula is C13H14O. The fourth-order valence-electron chi connectivity index (χ4n) is 2.13. The average Bonchev–Trinajstić information content (AvgIpc) is 2.16. The van der Waals surface area contributed by atoms with Crippen molar-refractivity contribution in [2.24, 2.45) is 5.41 Å². The van der Waals surface area contributed by atoms with Crippen molar-refractivity contribution in [1.29, 1.82) is 0 Å². The van der Waals surface area contributed by atoms with Crippen LogP contribution >= 0.6 is 0 Å². The third-order valence-electron chi connectivity index (χ3n) is 3.11. The maximum atomic E-state index is 10.4. The normalized spacial score (nSPS) is 18.0. The molecule has 0 aliphatic heterocycles. The summed E-state index contributed by atoms with van der Waals surface area (Å²) in [5.74, 6) is 1.96. The molecule has 0 radical (unpaired) electrons. The summed E-state index contributed by atoms with van der Waals surface area (Å²) in [6.45, 7) is 0. The van der Waals surface area contributed by atoms with E-state index in [2.05, 4.69) is 12.1 Å². The fourth-order valence-corrected chi connectivity index (χ4v) is 2.13. The Morgan fingerprint density at radius 3 is 2.50 bits per heavy atom. The van der Waals surface area contributed by atoms with E-state index in [1.165, 1.54) is 12.0 Å². The van der Waals surface area contributed by atoms with E-state index in [-0.39, 0.29) is 5.41 Å². The van der Waals surface area contributed by atoms with Gasteiger partial charge in [-0.25, -0.2) is 4.79 Å². The van der Waals surface area contributed by atoms with E-state index in [0.717, 1.165) is 19.3 Å². The van der Waals surface area contributed by atoms with Gasteiger partial charge in [0.25, 0.3) is 0 Å². The van der Waals surface area contributed by atoms with Crippen molar-refractivity contribution in [3.05, 3.63) is 42.0 Å². The monoisotopic (exact) mass is 186 g/mol. The van der Waals surface area contributed by atoms with E-state index in [1.807, 2.05) is 24.1 Å². The van der Waals surface area contributed by atoms with Crippen LogP contribution in [0, 0.1) is 5.41 Å². The van der Waals surface area contributed by atoms with Gasteiger partial charge < -0.3 is 0 Å². The standard InChI is InChI=1S/C13H14O/c14-10-9-13(7-4-8-13)11-12-5-2-1-3-6-12/h1-3,5-6,9H,4,7-8,11H2. The van der Waals surface area contributed by atoms with Gasteiger partial charge in [0.05, 0.1) is 0 Å². The van der Waals surface area contributed by atoms with Gasteiger partial charge in [-0.15, -0.1) is 0 Å². The molecule has 1 aromatic rings. The summed E-state index contributed by atoms with van der Waals surface area (Å²) in [4.78, 5) is 10.4. The van der Waals surface area contributed by atoms with Gasteiger partial charge >= 0.3 is 0 Å². The largest absolute Gasteiger partial charge is 0.234 e. The molecule has 0 N–H and O–H groups in total. The first-order chi connectivity index (χ1) is 6.85. The highest BCUT2D eigenvalue weighted by atomic mass is 16.1. The lowest BCUT2D eigenvalue weighted by molar-refractivity contribution is 0.204. The zero-order valence-corrected chi connectivity index (χ0v) is 8.20. The van der Waals surface area contributed by atoms with Crippen LogP contribution in [0.3, 0.4) is 0 Å². The van der Waals surface area contributed by atoms with Gasteiger partial charge in [0.2, 0.25) is 0 Å². The molecule has 0 saturated heterocycles. The highest BCUT2D eigenvalue weighted by molar-refractivity contribution is 5.48. The molecule has 0 spiro atoms. The van der Waals surface area contributed by atoms with Gasteiger partial charge in [-0.3, -0.25) is 0 Å². The van der Waals surface area contributed by atoms with Crippen LogP contribution in [0.4, 0.5) is 0 Å². The van der Waals surface area contributed by atoms with Crippen LogP contribution < -0.4 is 0 Å². The number of hydrogen-bond acceptors (Lipinski definition) is 1. The molecule has 1 aliphatic rings. The van der Waals surface area contributed by atoms with Gasteiger partial charge in [0.15, 0.2) is 0 Å². The molecular weight excluding hydrogens is 172 g/mol. The van der Waals surface area contributed by atoms with Crippen LogP contribution in [0.1, 0.15) is 24.8 Å². The zero-order valence-electron chi connectivity index (χ0n) is 8.20. The molecule has 0 unspecified atom stereocenters. The molecule has 1 fully saturated rings. The minimum Gasteiger partial charge on any atom is -0.234 e. The third-order valence-corrected chi connectivity index (χ3v) is 3.11. The van der Waals surface area contributed by atoms with Crippen molar-refractivity contribution in [3.63, 3.8) is 0 Å². The summed E-state index contributed by atoms with van der Waals surface area (Å²) in [7, 11) is 0. The molecule has 1 nitrogen and oxygen atoms in total. The van der Waals surface area contributed by atoms with E-state index < -0.39 is 0 Å². The maximum absolute atomic E-state index is 10.4. The van der Waals surface area contributed by atoms with Crippen molar-refractivity contribution < 1.29 is 4.79 Å². The van der Waals surface area contributed by atoms with Gasteiger partial charge in [0, 0.05) is 11.5 Å². The van der Waals surface area contributed by atoms with Crippen molar-refractivity contribution in [1.82, 2.24) is 0 Å². The molecule has 1 heteroatoms. The number of carbonyl (C=O) groups excluding carboxylic acids is 1. The molecule has 1 saturated carbocycles. The third kappa shape index (κ3) is 1.78. The molecule has 1 aliphatic carbocycles. The second-order valence-corrected chi connectivity index (χ2v) is 4.14. The second kappa shape index (κ2) is 3.81. The molecule has 72 valence electrons.